The summed E-state index contributed by atoms with van der Waals surface area (Å²) in [7, 11) is 0. The van der Waals surface area contributed by atoms with Crippen molar-refractivity contribution >= 4 is 17.4 Å². The summed E-state index contributed by atoms with van der Waals surface area (Å²) in [6.07, 6.45) is 5.00. The van der Waals surface area contributed by atoms with E-state index in [4.69, 9.17) is 0 Å². The molecule has 1 saturated heterocycles. The van der Waals surface area contributed by atoms with Gasteiger partial charge >= 0.3 is 5.91 Å². The Balaban J connectivity index is 1.81. The lowest BCUT2D eigenvalue weighted by Gasteiger charge is -2.23. The molecule has 100 valence electrons. The topological polar surface area (TPSA) is 41.8 Å². The first-order valence-electron chi connectivity index (χ1n) is 7.06. The van der Waals surface area contributed by atoms with Gasteiger partial charge in [0.15, 0.2) is 6.67 Å². The van der Waals surface area contributed by atoms with E-state index in [0.29, 0.717) is 12.2 Å². The Bertz CT molecular complexity index is 505. The van der Waals surface area contributed by atoms with E-state index >= 15 is 0 Å². The first-order valence-corrected chi connectivity index (χ1v) is 7.06. The highest BCUT2D eigenvalue weighted by atomic mass is 16.2. The van der Waals surface area contributed by atoms with Gasteiger partial charge in [0.05, 0.1) is 24.3 Å². The van der Waals surface area contributed by atoms with Crippen molar-refractivity contribution in [2.24, 2.45) is 0 Å². The summed E-state index contributed by atoms with van der Waals surface area (Å²) in [5.41, 5.74) is 1.34. The van der Waals surface area contributed by atoms with Gasteiger partial charge in [-0.15, -0.1) is 0 Å². The predicted molar refractivity (Wildman–Crippen MR) is 72.3 cm³/mol. The van der Waals surface area contributed by atoms with Gasteiger partial charge in [0.1, 0.15) is 0 Å². The molecule has 0 aliphatic carbocycles. The van der Waals surface area contributed by atoms with Crippen LogP contribution in [0.5, 0.6) is 0 Å². The number of Topliss-reactive ketones (excluding diaryl/α,β-unsaturated/α-hetero) is 1. The van der Waals surface area contributed by atoms with Crippen LogP contribution in [0, 0.1) is 0 Å². The van der Waals surface area contributed by atoms with Crippen LogP contribution >= 0.6 is 0 Å². The molecule has 2 aliphatic rings. The van der Waals surface area contributed by atoms with Gasteiger partial charge in [0.25, 0.3) is 5.78 Å². The molecule has 1 aromatic carbocycles. The van der Waals surface area contributed by atoms with E-state index in [9.17, 15) is 9.59 Å². The van der Waals surface area contributed by atoms with Gasteiger partial charge in [-0.3, -0.25) is 14.5 Å². The van der Waals surface area contributed by atoms with Gasteiger partial charge in [-0.1, -0.05) is 12.1 Å². The van der Waals surface area contributed by atoms with Crippen molar-refractivity contribution in [1.82, 2.24) is 0 Å². The number of hydrogen-bond acceptors (Lipinski definition) is 2. The average Bonchev–Trinajstić information content (AvgIpc) is 2.65. The zero-order valence-electron chi connectivity index (χ0n) is 11.0. The lowest BCUT2D eigenvalue weighted by molar-refractivity contribution is -0.898. The molecule has 4 nitrogen and oxygen atoms in total. The second kappa shape index (κ2) is 5.13. The number of quaternary nitrogens is 1. The molecule has 0 saturated carbocycles. The number of anilines is 1. The molecule has 2 heterocycles. The fourth-order valence-electron chi connectivity index (χ4n) is 3.02. The third-order valence-corrected chi connectivity index (χ3v) is 4.07. The minimum Gasteiger partial charge on any atom is -0.317 e. The first-order chi connectivity index (χ1) is 9.27. The predicted octanol–water partition coefficient (Wildman–Crippen LogP) is 0.632. The molecule has 0 spiro atoms. The number of benzene rings is 1. The number of para-hydroxylation sites is 1. The van der Waals surface area contributed by atoms with Crippen LogP contribution in [0.15, 0.2) is 24.3 Å². The molecule has 19 heavy (non-hydrogen) atoms. The zero-order chi connectivity index (χ0) is 13.2. The quantitative estimate of drug-likeness (QED) is 0.792. The molecule has 1 fully saturated rings. The van der Waals surface area contributed by atoms with Crippen molar-refractivity contribution in [2.75, 3.05) is 24.7 Å². The van der Waals surface area contributed by atoms with Crippen LogP contribution in [-0.2, 0) is 4.79 Å². The van der Waals surface area contributed by atoms with Gasteiger partial charge in [-0.05, 0) is 37.8 Å². The summed E-state index contributed by atoms with van der Waals surface area (Å²) >= 11 is 0. The third kappa shape index (κ3) is 2.28. The molecular formula is C15H19N2O2+. The molecular weight excluding hydrogens is 240 g/mol. The maximum absolute atomic E-state index is 12.1. The van der Waals surface area contributed by atoms with E-state index in [1.54, 1.807) is 11.0 Å². The Kier molecular flexibility index (Phi) is 3.34. The number of carbonyl (C=O) groups excluding carboxylic acids is 2. The smallest absolute Gasteiger partial charge is 0.303 e. The SMILES string of the molecule is O=C1C(=O)N(C[NH+]2CCCCCC2)c2ccccc21. The number of likely N-dealkylation sites (tertiary alicyclic amines) is 1. The second-order valence-corrected chi connectivity index (χ2v) is 5.40. The van der Waals surface area contributed by atoms with Gasteiger partial charge in [0.2, 0.25) is 0 Å². The normalized spacial score (nSPS) is 20.5. The fourth-order valence-corrected chi connectivity index (χ4v) is 3.02. The lowest BCUT2D eigenvalue weighted by atomic mass is 10.1. The van der Waals surface area contributed by atoms with Crippen LogP contribution < -0.4 is 9.80 Å². The van der Waals surface area contributed by atoms with E-state index in [0.717, 1.165) is 18.8 Å². The summed E-state index contributed by atoms with van der Waals surface area (Å²) in [6, 6.07) is 7.31. The Hall–Kier alpha value is -1.68. The molecule has 0 atom stereocenters. The Morgan fingerprint density at radius 2 is 1.68 bits per heavy atom. The van der Waals surface area contributed by atoms with E-state index in [2.05, 4.69) is 0 Å². The van der Waals surface area contributed by atoms with Gasteiger partial charge in [-0.25, -0.2) is 0 Å². The summed E-state index contributed by atoms with van der Waals surface area (Å²) < 4.78 is 0. The number of carbonyl (C=O) groups is 2. The first kappa shape index (κ1) is 12.4. The number of hydrogen-bond donors (Lipinski definition) is 1. The van der Waals surface area contributed by atoms with Crippen molar-refractivity contribution in [1.29, 1.82) is 0 Å². The second-order valence-electron chi connectivity index (χ2n) is 5.40. The van der Waals surface area contributed by atoms with E-state index in [-0.39, 0.29) is 11.7 Å². The van der Waals surface area contributed by atoms with E-state index < -0.39 is 0 Å². The monoisotopic (exact) mass is 259 g/mol. The molecule has 2 aliphatic heterocycles. The summed E-state index contributed by atoms with van der Waals surface area (Å²) in [6.45, 7) is 2.82. The molecule has 3 rings (SSSR count). The molecule has 1 amide bonds. The minimum absolute atomic E-state index is 0.357. The Morgan fingerprint density at radius 1 is 1.00 bits per heavy atom. The molecule has 4 heteroatoms. The van der Waals surface area contributed by atoms with E-state index in [1.807, 2.05) is 18.2 Å². The van der Waals surface area contributed by atoms with Crippen LogP contribution in [-0.4, -0.2) is 31.4 Å². The average molecular weight is 259 g/mol. The van der Waals surface area contributed by atoms with Crippen LogP contribution in [0.3, 0.4) is 0 Å². The molecule has 0 unspecified atom stereocenters. The number of nitrogens with one attached hydrogen (secondary N) is 1. The van der Waals surface area contributed by atoms with Crippen molar-refractivity contribution < 1.29 is 14.5 Å². The maximum atomic E-state index is 12.1. The minimum atomic E-state index is -0.363. The molecule has 0 aromatic heterocycles. The van der Waals surface area contributed by atoms with Crippen molar-refractivity contribution in [2.45, 2.75) is 25.7 Å². The van der Waals surface area contributed by atoms with Crippen LogP contribution in [0.1, 0.15) is 36.0 Å². The van der Waals surface area contributed by atoms with Gasteiger partial charge in [0, 0.05) is 0 Å². The standard InChI is InChI=1S/C15H18N2O2/c18-14-12-7-3-4-8-13(12)17(15(14)19)11-16-9-5-1-2-6-10-16/h3-4,7-8H,1-2,5-6,9-11H2/p+1. The van der Waals surface area contributed by atoms with Crippen LogP contribution in [0.2, 0.25) is 0 Å². The third-order valence-electron chi connectivity index (χ3n) is 4.07. The van der Waals surface area contributed by atoms with E-state index in [1.165, 1.54) is 30.6 Å². The number of ketones is 1. The summed E-state index contributed by atoms with van der Waals surface area (Å²) in [4.78, 5) is 27.1. The van der Waals surface area contributed by atoms with Crippen molar-refractivity contribution in [3.8, 4) is 0 Å². The highest BCUT2D eigenvalue weighted by molar-refractivity contribution is 6.52. The Morgan fingerprint density at radius 3 is 2.42 bits per heavy atom. The fraction of sp³-hybridized carbons (Fsp3) is 0.467. The van der Waals surface area contributed by atoms with Gasteiger partial charge < -0.3 is 4.90 Å². The van der Waals surface area contributed by atoms with Crippen LogP contribution in [0.25, 0.3) is 0 Å². The molecule has 1 N–H and O–H groups in total. The molecule has 0 radical (unpaired) electrons. The lowest BCUT2D eigenvalue weighted by Crippen LogP contribution is -3.13. The van der Waals surface area contributed by atoms with Crippen molar-refractivity contribution in [3.05, 3.63) is 29.8 Å². The highest BCUT2D eigenvalue weighted by Crippen LogP contribution is 2.27. The van der Waals surface area contributed by atoms with Gasteiger partial charge in [-0.2, -0.15) is 0 Å². The number of rotatable bonds is 2. The molecule has 0 bridgehead atoms. The largest absolute Gasteiger partial charge is 0.317 e. The number of fused-ring (bicyclic) bond motifs is 1. The number of nitrogens with zero attached hydrogens (tertiary/aromatic N) is 1. The van der Waals surface area contributed by atoms with Crippen molar-refractivity contribution in [3.63, 3.8) is 0 Å². The number of amides is 1. The summed E-state index contributed by atoms with van der Waals surface area (Å²) in [5.74, 6) is -0.720. The maximum Gasteiger partial charge on any atom is 0.303 e. The highest BCUT2D eigenvalue weighted by Gasteiger charge is 2.37. The molecule has 1 aromatic rings. The Labute approximate surface area is 113 Å². The zero-order valence-corrected chi connectivity index (χ0v) is 11.0. The summed E-state index contributed by atoms with van der Waals surface area (Å²) in [5, 5.41) is 0. The van der Waals surface area contributed by atoms with Crippen LogP contribution in [0.4, 0.5) is 5.69 Å².